The summed E-state index contributed by atoms with van der Waals surface area (Å²) in [5, 5.41) is 4.80. The number of ether oxygens (including phenoxy) is 2. The Balaban J connectivity index is 1.45. The number of aromatic nitrogens is 2. The van der Waals surface area contributed by atoms with Crippen molar-refractivity contribution in [2.75, 3.05) is 44.3 Å². The van der Waals surface area contributed by atoms with Gasteiger partial charge in [0.15, 0.2) is 0 Å². The van der Waals surface area contributed by atoms with Crippen molar-refractivity contribution in [3.63, 3.8) is 0 Å². The second-order valence-electron chi connectivity index (χ2n) is 8.57. The summed E-state index contributed by atoms with van der Waals surface area (Å²) in [4.78, 5) is 17.5. The average Bonchev–Trinajstić information content (AvgIpc) is 3.19. The Kier molecular flexibility index (Phi) is 6.41. The number of amides is 1. The van der Waals surface area contributed by atoms with Crippen molar-refractivity contribution in [2.24, 2.45) is 0 Å². The van der Waals surface area contributed by atoms with Gasteiger partial charge in [-0.1, -0.05) is 48.5 Å². The number of fused-ring (bicyclic) bond motifs is 1. The van der Waals surface area contributed by atoms with E-state index >= 15 is 0 Å². The lowest BCUT2D eigenvalue weighted by molar-refractivity contribution is -0.121. The number of rotatable bonds is 6. The van der Waals surface area contributed by atoms with Gasteiger partial charge in [-0.3, -0.25) is 14.6 Å². The van der Waals surface area contributed by atoms with Crippen molar-refractivity contribution in [3.05, 3.63) is 65.9 Å². The standard InChI is InChI=1S/C26H30N4O3/c1-20-25(22-10-5-6-11-23(22)33-19-21-8-3-2-4-9-21)26-29(12-7-13-30(26)27-20)24(31)18-28-14-16-32-17-15-28/h2-6,8-11H,7,12-19H2,1H3. The van der Waals surface area contributed by atoms with Crippen molar-refractivity contribution >= 4 is 11.7 Å². The number of nitrogens with zero attached hydrogens (tertiary/aromatic N) is 4. The first-order valence-electron chi connectivity index (χ1n) is 11.6. The van der Waals surface area contributed by atoms with Crippen LogP contribution < -0.4 is 9.64 Å². The molecule has 0 N–H and O–H groups in total. The molecule has 2 aromatic carbocycles. The molecule has 2 aliphatic rings. The van der Waals surface area contributed by atoms with E-state index in [1.807, 2.05) is 52.9 Å². The van der Waals surface area contributed by atoms with E-state index in [0.717, 1.165) is 60.0 Å². The molecule has 1 fully saturated rings. The lowest BCUT2D eigenvalue weighted by atomic mass is 10.0. The van der Waals surface area contributed by atoms with E-state index in [1.165, 1.54) is 0 Å². The molecular formula is C26H30N4O3. The van der Waals surface area contributed by atoms with Gasteiger partial charge in [0.25, 0.3) is 0 Å². The summed E-state index contributed by atoms with van der Waals surface area (Å²) in [6, 6.07) is 18.2. The predicted octanol–water partition coefficient (Wildman–Crippen LogP) is 3.51. The number of carbonyl (C=O) groups is 1. The van der Waals surface area contributed by atoms with Crippen LogP contribution in [0.1, 0.15) is 17.7 Å². The molecule has 0 bridgehead atoms. The Labute approximate surface area is 194 Å². The minimum atomic E-state index is 0.113. The molecule has 0 spiro atoms. The molecule has 0 unspecified atom stereocenters. The second kappa shape index (κ2) is 9.77. The van der Waals surface area contributed by atoms with Gasteiger partial charge in [-0.2, -0.15) is 5.10 Å². The molecule has 2 aliphatic heterocycles. The van der Waals surface area contributed by atoms with Gasteiger partial charge >= 0.3 is 0 Å². The summed E-state index contributed by atoms with van der Waals surface area (Å²) in [6.07, 6.45) is 0.897. The molecule has 7 heteroatoms. The summed E-state index contributed by atoms with van der Waals surface area (Å²) in [5.41, 5.74) is 3.97. The monoisotopic (exact) mass is 446 g/mol. The molecule has 7 nitrogen and oxygen atoms in total. The van der Waals surface area contributed by atoms with Crippen LogP contribution in [0.2, 0.25) is 0 Å². The molecule has 0 radical (unpaired) electrons. The molecule has 1 amide bonds. The van der Waals surface area contributed by atoms with E-state index in [4.69, 9.17) is 14.6 Å². The third-order valence-electron chi connectivity index (χ3n) is 6.27. The molecule has 3 aromatic rings. The fourth-order valence-electron chi connectivity index (χ4n) is 4.61. The lowest BCUT2D eigenvalue weighted by Crippen LogP contribution is -2.47. The third kappa shape index (κ3) is 4.65. The number of carbonyl (C=O) groups excluding carboxylic acids is 1. The Morgan fingerprint density at radius 2 is 1.76 bits per heavy atom. The molecule has 1 saturated heterocycles. The van der Waals surface area contributed by atoms with Crippen LogP contribution in [0.3, 0.4) is 0 Å². The van der Waals surface area contributed by atoms with Gasteiger partial charge in [-0.15, -0.1) is 0 Å². The van der Waals surface area contributed by atoms with Crippen LogP contribution in [0.25, 0.3) is 11.1 Å². The first-order chi connectivity index (χ1) is 16.2. The molecule has 0 aliphatic carbocycles. The zero-order chi connectivity index (χ0) is 22.6. The normalized spacial score (nSPS) is 16.5. The average molecular weight is 447 g/mol. The molecule has 0 saturated carbocycles. The van der Waals surface area contributed by atoms with Gasteiger partial charge < -0.3 is 9.47 Å². The summed E-state index contributed by atoms with van der Waals surface area (Å²) >= 11 is 0. The highest BCUT2D eigenvalue weighted by Gasteiger charge is 2.31. The fourth-order valence-corrected chi connectivity index (χ4v) is 4.61. The van der Waals surface area contributed by atoms with Gasteiger partial charge in [0.05, 0.1) is 31.0 Å². The molecule has 0 atom stereocenters. The zero-order valence-electron chi connectivity index (χ0n) is 19.1. The van der Waals surface area contributed by atoms with E-state index in [9.17, 15) is 4.79 Å². The predicted molar refractivity (Wildman–Crippen MR) is 127 cm³/mol. The van der Waals surface area contributed by atoms with Crippen molar-refractivity contribution in [1.82, 2.24) is 14.7 Å². The van der Waals surface area contributed by atoms with E-state index < -0.39 is 0 Å². The first kappa shape index (κ1) is 21.7. The highest BCUT2D eigenvalue weighted by Crippen LogP contribution is 2.41. The second-order valence-corrected chi connectivity index (χ2v) is 8.57. The maximum atomic E-state index is 13.4. The van der Waals surface area contributed by atoms with Crippen LogP contribution in [0.15, 0.2) is 54.6 Å². The molecule has 33 heavy (non-hydrogen) atoms. The van der Waals surface area contributed by atoms with Crippen molar-refractivity contribution in [1.29, 1.82) is 0 Å². The van der Waals surface area contributed by atoms with Gasteiger partial charge in [0.2, 0.25) is 5.91 Å². The van der Waals surface area contributed by atoms with Crippen molar-refractivity contribution in [3.8, 4) is 16.9 Å². The quantitative estimate of drug-likeness (QED) is 0.580. The topological polar surface area (TPSA) is 59.8 Å². The molecule has 3 heterocycles. The van der Waals surface area contributed by atoms with Crippen molar-refractivity contribution in [2.45, 2.75) is 26.5 Å². The van der Waals surface area contributed by atoms with E-state index in [2.05, 4.69) is 23.1 Å². The Hall–Kier alpha value is -3.16. The van der Waals surface area contributed by atoms with E-state index in [0.29, 0.717) is 32.9 Å². The molecule has 5 rings (SSSR count). The first-order valence-corrected chi connectivity index (χ1v) is 11.6. The summed E-state index contributed by atoms with van der Waals surface area (Å²) in [5.74, 6) is 1.79. The number of aryl methyl sites for hydroxylation is 2. The number of para-hydroxylation sites is 1. The third-order valence-corrected chi connectivity index (χ3v) is 6.27. The smallest absolute Gasteiger partial charge is 0.242 e. The number of anilines is 1. The largest absolute Gasteiger partial charge is 0.488 e. The Morgan fingerprint density at radius 3 is 2.58 bits per heavy atom. The summed E-state index contributed by atoms with van der Waals surface area (Å²) in [6.45, 7) is 7.36. The number of benzene rings is 2. The van der Waals surface area contributed by atoms with Gasteiger partial charge in [-0.05, 0) is 25.0 Å². The minimum Gasteiger partial charge on any atom is -0.488 e. The minimum absolute atomic E-state index is 0.113. The molecule has 172 valence electrons. The van der Waals surface area contributed by atoms with Crippen LogP contribution in [-0.2, 0) is 22.7 Å². The Morgan fingerprint density at radius 1 is 1.00 bits per heavy atom. The molecule has 1 aromatic heterocycles. The fraction of sp³-hybridized carbons (Fsp3) is 0.385. The summed E-state index contributed by atoms with van der Waals surface area (Å²) < 4.78 is 13.7. The highest BCUT2D eigenvalue weighted by molar-refractivity contribution is 5.99. The maximum absolute atomic E-state index is 13.4. The van der Waals surface area contributed by atoms with Crippen LogP contribution in [0.4, 0.5) is 5.82 Å². The number of morpholine rings is 1. The highest BCUT2D eigenvalue weighted by atomic mass is 16.5. The van der Waals surface area contributed by atoms with E-state index in [1.54, 1.807) is 0 Å². The van der Waals surface area contributed by atoms with Gasteiger partial charge in [0.1, 0.15) is 18.2 Å². The summed E-state index contributed by atoms with van der Waals surface area (Å²) in [7, 11) is 0. The van der Waals surface area contributed by atoms with Crippen LogP contribution in [0.5, 0.6) is 5.75 Å². The Bertz CT molecular complexity index is 1110. The van der Waals surface area contributed by atoms with Gasteiger partial charge in [-0.25, -0.2) is 4.68 Å². The van der Waals surface area contributed by atoms with Crippen molar-refractivity contribution < 1.29 is 14.3 Å². The van der Waals surface area contributed by atoms with Crippen LogP contribution in [0, 0.1) is 6.92 Å². The van der Waals surface area contributed by atoms with Crippen LogP contribution in [-0.4, -0.2) is 60.0 Å². The number of hydrogen-bond donors (Lipinski definition) is 0. The maximum Gasteiger partial charge on any atom is 0.242 e. The zero-order valence-corrected chi connectivity index (χ0v) is 19.1. The lowest BCUT2D eigenvalue weighted by Gasteiger charge is -2.32. The SMILES string of the molecule is Cc1nn2c(c1-c1ccccc1OCc1ccccc1)N(C(=O)CN1CCOCC1)CCC2. The number of hydrogen-bond acceptors (Lipinski definition) is 5. The van der Waals surface area contributed by atoms with Crippen LogP contribution >= 0.6 is 0 Å². The van der Waals surface area contributed by atoms with Gasteiger partial charge in [0, 0.05) is 31.7 Å². The van der Waals surface area contributed by atoms with E-state index in [-0.39, 0.29) is 5.91 Å². The molecular weight excluding hydrogens is 416 g/mol.